The van der Waals surface area contributed by atoms with Gasteiger partial charge in [0.05, 0.1) is 12.3 Å². The minimum absolute atomic E-state index is 0.348. The minimum Gasteiger partial charge on any atom is -0.461 e. The second-order valence-corrected chi connectivity index (χ2v) is 5.13. The largest absolute Gasteiger partial charge is 0.461 e. The number of unbranched alkanes of at least 4 members (excludes halogenated alkanes) is 1. The van der Waals surface area contributed by atoms with Gasteiger partial charge in [0.15, 0.2) is 5.69 Å². The Kier molecular flexibility index (Phi) is 7.22. The Morgan fingerprint density at radius 2 is 2.10 bits per heavy atom. The van der Waals surface area contributed by atoms with Crippen LogP contribution in [-0.2, 0) is 22.4 Å². The molecule has 6 heteroatoms. The summed E-state index contributed by atoms with van der Waals surface area (Å²) >= 11 is 0. The Morgan fingerprint density at radius 3 is 2.70 bits per heavy atom. The molecule has 1 aromatic rings. The van der Waals surface area contributed by atoms with Gasteiger partial charge in [-0.25, -0.2) is 9.48 Å². The normalized spacial score (nSPS) is 11.1. The Hall–Kier alpha value is -1.43. The van der Waals surface area contributed by atoms with Gasteiger partial charge in [-0.05, 0) is 32.1 Å². The third-order valence-electron chi connectivity index (χ3n) is 2.88. The van der Waals surface area contributed by atoms with E-state index in [1.54, 1.807) is 14.0 Å². The molecule has 0 aliphatic heterocycles. The molecule has 1 heterocycles. The summed E-state index contributed by atoms with van der Waals surface area (Å²) in [5, 5.41) is 8.09. The van der Waals surface area contributed by atoms with Gasteiger partial charge in [-0.1, -0.05) is 19.1 Å². The SMILES string of the molecule is CCOC(=O)c1nnn(CCCCOC)c1CC(C)C. The van der Waals surface area contributed by atoms with Crippen LogP contribution in [0, 0.1) is 5.92 Å². The maximum absolute atomic E-state index is 11.9. The van der Waals surface area contributed by atoms with E-state index >= 15 is 0 Å². The average molecular weight is 283 g/mol. The highest BCUT2D eigenvalue weighted by Crippen LogP contribution is 2.14. The second kappa shape index (κ2) is 8.68. The van der Waals surface area contributed by atoms with E-state index in [1.807, 2.05) is 4.68 Å². The number of methoxy groups -OCH3 is 1. The number of aryl methyl sites for hydroxylation is 1. The number of carbonyl (C=O) groups excluding carboxylic acids is 1. The van der Waals surface area contributed by atoms with Crippen LogP contribution in [0.4, 0.5) is 0 Å². The summed E-state index contributed by atoms with van der Waals surface area (Å²) in [5.41, 5.74) is 1.23. The summed E-state index contributed by atoms with van der Waals surface area (Å²) in [4.78, 5) is 11.9. The van der Waals surface area contributed by atoms with Crippen molar-refractivity contribution in [3.05, 3.63) is 11.4 Å². The molecule has 0 aliphatic carbocycles. The van der Waals surface area contributed by atoms with Crippen LogP contribution in [0.25, 0.3) is 0 Å². The second-order valence-electron chi connectivity index (χ2n) is 5.13. The number of hydrogen-bond donors (Lipinski definition) is 0. The minimum atomic E-state index is -0.383. The smallest absolute Gasteiger partial charge is 0.360 e. The van der Waals surface area contributed by atoms with E-state index in [9.17, 15) is 4.79 Å². The maximum atomic E-state index is 11.9. The van der Waals surface area contributed by atoms with Crippen LogP contribution < -0.4 is 0 Å². The van der Waals surface area contributed by atoms with E-state index < -0.39 is 0 Å². The zero-order valence-electron chi connectivity index (χ0n) is 12.9. The Morgan fingerprint density at radius 1 is 1.35 bits per heavy atom. The summed E-state index contributed by atoms with van der Waals surface area (Å²) in [7, 11) is 1.69. The van der Waals surface area contributed by atoms with E-state index in [0.717, 1.165) is 38.1 Å². The van der Waals surface area contributed by atoms with Crippen LogP contribution >= 0.6 is 0 Å². The Balaban J connectivity index is 2.79. The molecule has 0 aromatic carbocycles. The van der Waals surface area contributed by atoms with E-state index in [1.165, 1.54) is 0 Å². The third kappa shape index (κ3) is 4.92. The molecule has 0 bridgehead atoms. The number of nitrogens with zero attached hydrogens (tertiary/aromatic N) is 3. The van der Waals surface area contributed by atoms with Crippen molar-refractivity contribution in [1.82, 2.24) is 15.0 Å². The van der Waals surface area contributed by atoms with Gasteiger partial charge in [-0.3, -0.25) is 0 Å². The monoisotopic (exact) mass is 283 g/mol. The number of hydrogen-bond acceptors (Lipinski definition) is 5. The van der Waals surface area contributed by atoms with E-state index in [2.05, 4.69) is 24.2 Å². The van der Waals surface area contributed by atoms with E-state index in [-0.39, 0.29) is 5.97 Å². The fourth-order valence-electron chi connectivity index (χ4n) is 1.97. The lowest BCUT2D eigenvalue weighted by Crippen LogP contribution is -2.13. The average Bonchev–Trinajstić information content (AvgIpc) is 2.77. The predicted octanol–water partition coefficient (Wildman–Crippen LogP) is 2.08. The highest BCUT2D eigenvalue weighted by atomic mass is 16.5. The molecule has 0 aliphatic rings. The highest BCUT2D eigenvalue weighted by molar-refractivity contribution is 5.88. The third-order valence-corrected chi connectivity index (χ3v) is 2.88. The number of esters is 1. The molecular weight excluding hydrogens is 258 g/mol. The molecule has 0 spiro atoms. The van der Waals surface area contributed by atoms with Crippen molar-refractivity contribution in [3.63, 3.8) is 0 Å². The van der Waals surface area contributed by atoms with Crippen LogP contribution in [0.2, 0.25) is 0 Å². The zero-order chi connectivity index (χ0) is 15.0. The van der Waals surface area contributed by atoms with Crippen molar-refractivity contribution in [1.29, 1.82) is 0 Å². The van der Waals surface area contributed by atoms with Gasteiger partial charge in [0.1, 0.15) is 0 Å². The zero-order valence-corrected chi connectivity index (χ0v) is 12.9. The molecule has 114 valence electrons. The number of ether oxygens (including phenoxy) is 2. The van der Waals surface area contributed by atoms with Crippen LogP contribution in [0.3, 0.4) is 0 Å². The number of carbonyl (C=O) groups is 1. The lowest BCUT2D eigenvalue weighted by molar-refractivity contribution is 0.0517. The van der Waals surface area contributed by atoms with Gasteiger partial charge in [-0.15, -0.1) is 5.10 Å². The van der Waals surface area contributed by atoms with Crippen molar-refractivity contribution >= 4 is 5.97 Å². The van der Waals surface area contributed by atoms with E-state index in [4.69, 9.17) is 9.47 Å². The number of rotatable bonds is 9. The molecule has 0 radical (unpaired) electrons. The first-order chi connectivity index (χ1) is 9.60. The van der Waals surface area contributed by atoms with Crippen LogP contribution in [-0.4, -0.2) is 41.3 Å². The summed E-state index contributed by atoms with van der Waals surface area (Å²) in [6.45, 7) is 7.83. The molecule has 0 unspecified atom stereocenters. The quantitative estimate of drug-likeness (QED) is 0.513. The molecule has 0 saturated carbocycles. The van der Waals surface area contributed by atoms with Crippen LogP contribution in [0.15, 0.2) is 0 Å². The van der Waals surface area contributed by atoms with Crippen molar-refractivity contribution in [2.24, 2.45) is 5.92 Å². The maximum Gasteiger partial charge on any atom is 0.360 e. The fraction of sp³-hybridized carbons (Fsp3) is 0.786. The Labute approximate surface area is 120 Å². The molecule has 6 nitrogen and oxygen atoms in total. The summed E-state index contributed by atoms with van der Waals surface area (Å²) < 4.78 is 11.9. The molecule has 1 aromatic heterocycles. The lowest BCUT2D eigenvalue weighted by Gasteiger charge is -2.09. The van der Waals surface area contributed by atoms with Gasteiger partial charge in [0.2, 0.25) is 0 Å². The first kappa shape index (κ1) is 16.6. The predicted molar refractivity (Wildman–Crippen MR) is 75.6 cm³/mol. The number of aromatic nitrogens is 3. The van der Waals surface area contributed by atoms with Gasteiger partial charge >= 0.3 is 5.97 Å². The van der Waals surface area contributed by atoms with Gasteiger partial charge in [-0.2, -0.15) is 0 Å². The Bertz CT molecular complexity index is 416. The molecule has 0 amide bonds. The van der Waals surface area contributed by atoms with Crippen molar-refractivity contribution < 1.29 is 14.3 Å². The highest BCUT2D eigenvalue weighted by Gasteiger charge is 2.21. The first-order valence-corrected chi connectivity index (χ1v) is 7.18. The summed E-state index contributed by atoms with van der Waals surface area (Å²) in [6.07, 6.45) is 2.68. The van der Waals surface area contributed by atoms with E-state index in [0.29, 0.717) is 18.2 Å². The molecule has 1 rings (SSSR count). The lowest BCUT2D eigenvalue weighted by atomic mass is 10.1. The van der Waals surface area contributed by atoms with Gasteiger partial charge < -0.3 is 9.47 Å². The van der Waals surface area contributed by atoms with Gasteiger partial charge in [0.25, 0.3) is 0 Å². The van der Waals surface area contributed by atoms with Crippen molar-refractivity contribution in [2.75, 3.05) is 20.3 Å². The summed E-state index contributed by atoms with van der Waals surface area (Å²) in [6, 6.07) is 0. The van der Waals surface area contributed by atoms with Crippen LogP contribution in [0.1, 0.15) is 49.8 Å². The van der Waals surface area contributed by atoms with Crippen LogP contribution in [0.5, 0.6) is 0 Å². The molecule has 0 fully saturated rings. The molecule has 20 heavy (non-hydrogen) atoms. The summed E-state index contributed by atoms with van der Waals surface area (Å²) in [5.74, 6) is 0.0469. The standard InChI is InChI=1S/C14H25N3O3/c1-5-20-14(18)13-12(10-11(2)3)17(16-15-13)8-6-7-9-19-4/h11H,5-10H2,1-4H3. The molecular formula is C14H25N3O3. The molecule has 0 N–H and O–H groups in total. The first-order valence-electron chi connectivity index (χ1n) is 7.18. The topological polar surface area (TPSA) is 66.2 Å². The molecule has 0 atom stereocenters. The fourth-order valence-corrected chi connectivity index (χ4v) is 1.97. The molecule has 0 saturated heterocycles. The van der Waals surface area contributed by atoms with Crippen molar-refractivity contribution in [2.45, 2.75) is 46.6 Å². The van der Waals surface area contributed by atoms with Gasteiger partial charge in [0, 0.05) is 20.3 Å². The van der Waals surface area contributed by atoms with Crippen molar-refractivity contribution in [3.8, 4) is 0 Å².